The van der Waals surface area contributed by atoms with E-state index in [9.17, 15) is 0 Å². The van der Waals surface area contributed by atoms with Gasteiger partial charge in [-0.15, -0.1) is 0 Å². The van der Waals surface area contributed by atoms with E-state index in [1.54, 1.807) is 24.3 Å². The van der Waals surface area contributed by atoms with E-state index in [-0.39, 0.29) is 5.75 Å². The number of hydrogen-bond donors (Lipinski definition) is 1. The molecule has 0 fully saturated rings. The molecule has 1 rings (SSSR count). The van der Waals surface area contributed by atoms with Crippen LogP contribution in [0.5, 0.6) is 11.5 Å². The van der Waals surface area contributed by atoms with Crippen LogP contribution in [0.15, 0.2) is 24.3 Å². The predicted molar refractivity (Wildman–Crippen MR) is 42.5 cm³/mol. The molecule has 0 aromatic heterocycles. The number of phenols is 1. The van der Waals surface area contributed by atoms with Gasteiger partial charge in [0.15, 0.2) is 0 Å². The lowest BCUT2D eigenvalue weighted by Crippen LogP contribution is -1.86. The first-order valence-corrected chi connectivity index (χ1v) is 3.93. The van der Waals surface area contributed by atoms with Crippen LogP contribution in [-0.4, -0.2) is 10.6 Å². The molecule has 1 N–H and O–H groups in total. The molecule has 54 valence electrons. The third-order valence-corrected chi connectivity index (χ3v) is 1.27. The molecule has 0 heterocycles. The molecule has 0 aliphatic carbocycles. The molecule has 1 aromatic carbocycles. The number of phenolic OH excluding ortho intramolecular Hbond substituents is 1. The number of halogens is 1. The van der Waals surface area contributed by atoms with Crippen molar-refractivity contribution in [2.24, 2.45) is 0 Å². The maximum atomic E-state index is 8.94. The van der Waals surface area contributed by atoms with Gasteiger partial charge >= 0.3 is 0 Å². The number of benzene rings is 1. The number of alkyl halides is 1. The highest BCUT2D eigenvalue weighted by molar-refractivity contribution is 9.09. The Kier molecular flexibility index (Phi) is 2.57. The highest BCUT2D eigenvalue weighted by atomic mass is 79.9. The Morgan fingerprint density at radius 2 is 2.30 bits per heavy atom. The summed E-state index contributed by atoms with van der Waals surface area (Å²) >= 11 is 3.11. The summed E-state index contributed by atoms with van der Waals surface area (Å²) in [6, 6.07) is 6.66. The van der Waals surface area contributed by atoms with Crippen LogP contribution < -0.4 is 4.74 Å². The molecule has 2 nitrogen and oxygen atoms in total. The van der Waals surface area contributed by atoms with Crippen LogP contribution in [0, 0.1) is 0 Å². The molecular weight excluding hydrogens is 196 g/mol. The van der Waals surface area contributed by atoms with Crippen molar-refractivity contribution < 1.29 is 9.84 Å². The summed E-state index contributed by atoms with van der Waals surface area (Å²) in [5, 5.41) is 8.94. The number of rotatable bonds is 2. The third kappa shape index (κ3) is 1.92. The SMILES string of the molecule is Oc1cccc(OCBr)c1. The van der Waals surface area contributed by atoms with Gasteiger partial charge in [-0.1, -0.05) is 6.07 Å². The van der Waals surface area contributed by atoms with E-state index in [0.717, 1.165) is 0 Å². The van der Waals surface area contributed by atoms with E-state index in [2.05, 4.69) is 15.9 Å². The lowest BCUT2D eigenvalue weighted by Gasteiger charge is -2.00. The van der Waals surface area contributed by atoms with Crippen LogP contribution in [-0.2, 0) is 0 Å². The van der Waals surface area contributed by atoms with Crippen molar-refractivity contribution in [2.45, 2.75) is 0 Å². The Morgan fingerprint density at radius 3 is 2.90 bits per heavy atom. The zero-order valence-corrected chi connectivity index (χ0v) is 6.84. The molecule has 1 aromatic rings. The van der Waals surface area contributed by atoms with Gasteiger partial charge in [-0.3, -0.25) is 0 Å². The summed E-state index contributed by atoms with van der Waals surface area (Å²) in [5.74, 6) is 0.885. The van der Waals surface area contributed by atoms with Gasteiger partial charge in [0.2, 0.25) is 0 Å². The Balaban J connectivity index is 2.75. The highest BCUT2D eigenvalue weighted by Crippen LogP contribution is 2.17. The summed E-state index contributed by atoms with van der Waals surface area (Å²) in [4.78, 5) is 0. The van der Waals surface area contributed by atoms with Crippen LogP contribution in [0.4, 0.5) is 0 Å². The van der Waals surface area contributed by atoms with Crippen LogP contribution in [0.1, 0.15) is 0 Å². The van der Waals surface area contributed by atoms with Gasteiger partial charge in [-0.2, -0.15) is 0 Å². The fourth-order valence-corrected chi connectivity index (χ4v) is 0.901. The molecule has 0 bridgehead atoms. The van der Waals surface area contributed by atoms with E-state index in [0.29, 0.717) is 11.3 Å². The maximum absolute atomic E-state index is 8.94. The molecule has 0 spiro atoms. The van der Waals surface area contributed by atoms with Gasteiger partial charge in [0, 0.05) is 6.07 Å². The molecule has 0 atom stereocenters. The fraction of sp³-hybridized carbons (Fsp3) is 0.143. The van der Waals surface area contributed by atoms with Gasteiger partial charge in [-0.25, -0.2) is 0 Å². The Hall–Kier alpha value is -0.700. The Morgan fingerprint density at radius 1 is 1.50 bits per heavy atom. The van der Waals surface area contributed by atoms with E-state index in [1.165, 1.54) is 0 Å². The summed E-state index contributed by atoms with van der Waals surface area (Å²) < 4.78 is 5.04. The van der Waals surface area contributed by atoms with Crippen molar-refractivity contribution in [1.29, 1.82) is 0 Å². The zero-order chi connectivity index (χ0) is 7.40. The van der Waals surface area contributed by atoms with E-state index < -0.39 is 0 Å². The normalized spacial score (nSPS) is 9.30. The lowest BCUT2D eigenvalue weighted by atomic mass is 10.3. The predicted octanol–water partition coefficient (Wildman–Crippen LogP) is 2.12. The first-order valence-electron chi connectivity index (χ1n) is 2.81. The van der Waals surface area contributed by atoms with Crippen molar-refractivity contribution in [2.75, 3.05) is 5.52 Å². The molecule has 0 aliphatic heterocycles. The standard InChI is InChI=1S/C7H7BrO2/c8-5-10-7-3-1-2-6(9)4-7/h1-4,9H,5H2. The molecule has 0 saturated heterocycles. The average molecular weight is 203 g/mol. The number of hydrogen-bond acceptors (Lipinski definition) is 2. The largest absolute Gasteiger partial charge is 0.508 e. The number of ether oxygens (including phenoxy) is 1. The first-order chi connectivity index (χ1) is 4.83. The average Bonchev–Trinajstić information content (AvgIpc) is 1.88. The molecule has 10 heavy (non-hydrogen) atoms. The first kappa shape index (κ1) is 7.41. The van der Waals surface area contributed by atoms with Gasteiger partial charge in [0.25, 0.3) is 0 Å². The molecular formula is C7H7BrO2. The monoisotopic (exact) mass is 202 g/mol. The second-order valence-corrected chi connectivity index (χ2v) is 2.21. The molecule has 0 unspecified atom stereocenters. The second kappa shape index (κ2) is 3.46. The van der Waals surface area contributed by atoms with Crippen LogP contribution in [0.3, 0.4) is 0 Å². The Bertz CT molecular complexity index is 213. The van der Waals surface area contributed by atoms with Gasteiger partial charge in [-0.05, 0) is 28.1 Å². The van der Waals surface area contributed by atoms with Crippen LogP contribution >= 0.6 is 15.9 Å². The lowest BCUT2D eigenvalue weighted by molar-refractivity contribution is 0.392. The summed E-state index contributed by atoms with van der Waals surface area (Å²) in [7, 11) is 0. The smallest absolute Gasteiger partial charge is 0.143 e. The van der Waals surface area contributed by atoms with Crippen molar-refractivity contribution in [3.63, 3.8) is 0 Å². The van der Waals surface area contributed by atoms with Crippen molar-refractivity contribution in [3.8, 4) is 11.5 Å². The zero-order valence-electron chi connectivity index (χ0n) is 5.25. The minimum atomic E-state index is 0.221. The van der Waals surface area contributed by atoms with Crippen LogP contribution in [0.25, 0.3) is 0 Å². The number of aromatic hydroxyl groups is 1. The summed E-state index contributed by atoms with van der Waals surface area (Å²) in [6.07, 6.45) is 0. The molecule has 3 heteroatoms. The van der Waals surface area contributed by atoms with E-state index in [1.807, 2.05) is 0 Å². The third-order valence-electron chi connectivity index (χ3n) is 1.04. The van der Waals surface area contributed by atoms with E-state index >= 15 is 0 Å². The second-order valence-electron chi connectivity index (χ2n) is 1.75. The maximum Gasteiger partial charge on any atom is 0.143 e. The van der Waals surface area contributed by atoms with Gasteiger partial charge in [0.05, 0.1) is 0 Å². The summed E-state index contributed by atoms with van der Waals surface area (Å²) in [6.45, 7) is 0. The highest BCUT2D eigenvalue weighted by Gasteiger charge is 1.91. The fourth-order valence-electron chi connectivity index (χ4n) is 0.636. The van der Waals surface area contributed by atoms with E-state index in [4.69, 9.17) is 9.84 Å². The minimum Gasteiger partial charge on any atom is -0.508 e. The van der Waals surface area contributed by atoms with Gasteiger partial charge in [0.1, 0.15) is 17.0 Å². The van der Waals surface area contributed by atoms with Crippen molar-refractivity contribution >= 4 is 15.9 Å². The molecule has 0 aliphatic rings. The van der Waals surface area contributed by atoms with Gasteiger partial charge < -0.3 is 9.84 Å². The topological polar surface area (TPSA) is 29.5 Å². The minimum absolute atomic E-state index is 0.221. The summed E-state index contributed by atoms with van der Waals surface area (Å²) in [5.41, 5.74) is 0.441. The quantitative estimate of drug-likeness (QED) is 0.746. The molecule has 0 saturated carbocycles. The molecule has 0 amide bonds. The van der Waals surface area contributed by atoms with Crippen LogP contribution in [0.2, 0.25) is 0 Å². The Labute approximate surface area is 67.6 Å². The van der Waals surface area contributed by atoms with Crippen molar-refractivity contribution in [3.05, 3.63) is 24.3 Å². The molecule has 0 radical (unpaired) electrons. The van der Waals surface area contributed by atoms with Crippen molar-refractivity contribution in [1.82, 2.24) is 0 Å².